The Morgan fingerprint density at radius 2 is 2.24 bits per heavy atom. The molecular weight excluding hydrogens is 222 g/mol. The molecule has 0 aliphatic heterocycles. The predicted molar refractivity (Wildman–Crippen MR) is 58.2 cm³/mol. The second-order valence-corrected chi connectivity index (χ2v) is 3.56. The molecule has 6 heteroatoms. The highest BCUT2D eigenvalue weighted by atomic mass is 16.4. The van der Waals surface area contributed by atoms with Crippen molar-refractivity contribution in [2.45, 2.75) is 19.8 Å². The molecule has 1 N–H and O–H groups in total. The summed E-state index contributed by atoms with van der Waals surface area (Å²) in [5.41, 5.74) is 1.45. The topological polar surface area (TPSA) is 89.1 Å². The summed E-state index contributed by atoms with van der Waals surface area (Å²) < 4.78 is 5.33. The van der Waals surface area contributed by atoms with Crippen LogP contribution in [-0.2, 0) is 11.2 Å². The SMILES string of the molecule is Cc1cccc(-c2nnc(CCC(=O)O)o2)n1. The van der Waals surface area contributed by atoms with Crippen LogP contribution < -0.4 is 0 Å². The number of carboxylic acids is 1. The Kier molecular flexibility index (Phi) is 3.13. The number of carboxylic acid groups (broad SMARTS) is 1. The summed E-state index contributed by atoms with van der Waals surface area (Å²) in [6.45, 7) is 1.87. The fourth-order valence-corrected chi connectivity index (χ4v) is 1.33. The Morgan fingerprint density at radius 3 is 2.94 bits per heavy atom. The van der Waals surface area contributed by atoms with E-state index in [0.29, 0.717) is 17.5 Å². The van der Waals surface area contributed by atoms with Gasteiger partial charge in [0.15, 0.2) is 0 Å². The van der Waals surface area contributed by atoms with Crippen LogP contribution in [0.4, 0.5) is 0 Å². The van der Waals surface area contributed by atoms with Crippen molar-refractivity contribution >= 4 is 5.97 Å². The predicted octanol–water partition coefficient (Wildman–Crippen LogP) is 1.46. The standard InChI is InChI=1S/C11H11N3O3/c1-7-3-2-4-8(12-7)11-14-13-9(17-11)5-6-10(15)16/h2-4H,5-6H2,1H3,(H,15,16). The minimum Gasteiger partial charge on any atom is -0.481 e. The highest BCUT2D eigenvalue weighted by Crippen LogP contribution is 2.15. The molecule has 2 aromatic rings. The summed E-state index contributed by atoms with van der Waals surface area (Å²) in [6, 6.07) is 5.48. The third-order valence-electron chi connectivity index (χ3n) is 2.13. The number of aliphatic carboxylic acids is 1. The monoisotopic (exact) mass is 233 g/mol. The van der Waals surface area contributed by atoms with Gasteiger partial charge in [-0.25, -0.2) is 4.98 Å². The number of hydrogen-bond donors (Lipinski definition) is 1. The minimum atomic E-state index is -0.890. The lowest BCUT2D eigenvalue weighted by Crippen LogP contribution is -1.97. The first-order valence-electron chi connectivity index (χ1n) is 5.13. The van der Waals surface area contributed by atoms with Gasteiger partial charge in [0.05, 0.1) is 6.42 Å². The van der Waals surface area contributed by atoms with Gasteiger partial charge < -0.3 is 9.52 Å². The smallest absolute Gasteiger partial charge is 0.303 e. The first kappa shape index (κ1) is 11.3. The number of aromatic nitrogens is 3. The lowest BCUT2D eigenvalue weighted by atomic mass is 10.3. The first-order valence-corrected chi connectivity index (χ1v) is 5.13. The molecule has 0 radical (unpaired) electrons. The quantitative estimate of drug-likeness (QED) is 0.859. The molecule has 2 aromatic heterocycles. The summed E-state index contributed by atoms with van der Waals surface area (Å²) in [7, 11) is 0. The molecule has 0 amide bonds. The van der Waals surface area contributed by atoms with Crippen molar-refractivity contribution in [2.75, 3.05) is 0 Å². The Morgan fingerprint density at radius 1 is 1.41 bits per heavy atom. The van der Waals surface area contributed by atoms with Gasteiger partial charge in [-0.1, -0.05) is 6.07 Å². The van der Waals surface area contributed by atoms with Crippen LogP contribution in [-0.4, -0.2) is 26.3 Å². The Hall–Kier alpha value is -2.24. The van der Waals surface area contributed by atoms with E-state index in [1.54, 1.807) is 6.07 Å². The van der Waals surface area contributed by atoms with Crippen LogP contribution in [0.25, 0.3) is 11.6 Å². The van der Waals surface area contributed by atoms with Crippen LogP contribution in [0.15, 0.2) is 22.6 Å². The van der Waals surface area contributed by atoms with Gasteiger partial charge in [0.25, 0.3) is 5.89 Å². The van der Waals surface area contributed by atoms with Crippen LogP contribution in [0.3, 0.4) is 0 Å². The van der Waals surface area contributed by atoms with E-state index in [1.165, 1.54) is 0 Å². The van der Waals surface area contributed by atoms with Crippen molar-refractivity contribution in [3.05, 3.63) is 29.8 Å². The molecular formula is C11H11N3O3. The maximum atomic E-state index is 10.4. The molecule has 2 heterocycles. The number of hydrogen-bond acceptors (Lipinski definition) is 5. The molecule has 2 rings (SSSR count). The van der Waals surface area contributed by atoms with E-state index >= 15 is 0 Å². The zero-order valence-corrected chi connectivity index (χ0v) is 9.25. The van der Waals surface area contributed by atoms with Gasteiger partial charge in [0.2, 0.25) is 5.89 Å². The van der Waals surface area contributed by atoms with Crippen LogP contribution in [0.5, 0.6) is 0 Å². The third kappa shape index (κ3) is 2.87. The largest absolute Gasteiger partial charge is 0.481 e. The summed E-state index contributed by atoms with van der Waals surface area (Å²) in [5, 5.41) is 16.1. The Bertz CT molecular complexity index is 536. The first-order chi connectivity index (χ1) is 8.15. The van der Waals surface area contributed by atoms with E-state index in [4.69, 9.17) is 9.52 Å². The summed E-state index contributed by atoms with van der Waals surface area (Å²) in [5.74, 6) is -0.266. The van der Waals surface area contributed by atoms with Crippen LogP contribution in [0.1, 0.15) is 18.0 Å². The molecule has 88 valence electrons. The molecule has 0 atom stereocenters. The molecule has 0 aliphatic carbocycles. The van der Waals surface area contributed by atoms with Gasteiger partial charge in [0.1, 0.15) is 5.69 Å². The van der Waals surface area contributed by atoms with Crippen LogP contribution in [0, 0.1) is 6.92 Å². The number of rotatable bonds is 4. The lowest BCUT2D eigenvalue weighted by molar-refractivity contribution is -0.137. The molecule has 0 saturated carbocycles. The minimum absolute atomic E-state index is 0.0249. The average molecular weight is 233 g/mol. The second kappa shape index (κ2) is 4.73. The van der Waals surface area contributed by atoms with Crippen molar-refractivity contribution in [2.24, 2.45) is 0 Å². The van der Waals surface area contributed by atoms with Gasteiger partial charge >= 0.3 is 5.97 Å². The fourth-order valence-electron chi connectivity index (χ4n) is 1.33. The van der Waals surface area contributed by atoms with Crippen LogP contribution >= 0.6 is 0 Å². The highest BCUT2D eigenvalue weighted by Gasteiger charge is 2.10. The van der Waals surface area contributed by atoms with Crippen molar-refractivity contribution in [1.29, 1.82) is 0 Å². The zero-order chi connectivity index (χ0) is 12.3. The van der Waals surface area contributed by atoms with Gasteiger partial charge in [-0.15, -0.1) is 10.2 Å². The van der Waals surface area contributed by atoms with Crippen molar-refractivity contribution in [1.82, 2.24) is 15.2 Å². The number of carbonyl (C=O) groups is 1. The van der Waals surface area contributed by atoms with E-state index in [-0.39, 0.29) is 12.8 Å². The zero-order valence-electron chi connectivity index (χ0n) is 9.25. The molecule has 0 saturated heterocycles. The molecule has 0 bridgehead atoms. The van der Waals surface area contributed by atoms with Crippen molar-refractivity contribution in [3.8, 4) is 11.6 Å². The summed E-state index contributed by atoms with van der Waals surface area (Å²) >= 11 is 0. The Labute approximate surface area is 97.3 Å². The molecule has 0 unspecified atom stereocenters. The lowest BCUT2D eigenvalue weighted by Gasteiger charge is -1.95. The Balaban J connectivity index is 2.15. The molecule has 17 heavy (non-hydrogen) atoms. The molecule has 0 aromatic carbocycles. The average Bonchev–Trinajstić information content (AvgIpc) is 2.75. The van der Waals surface area contributed by atoms with Crippen molar-refractivity contribution < 1.29 is 14.3 Å². The third-order valence-corrected chi connectivity index (χ3v) is 2.13. The number of aryl methyl sites for hydroxylation is 2. The van der Waals surface area contributed by atoms with Gasteiger partial charge in [-0.05, 0) is 19.1 Å². The molecule has 6 nitrogen and oxygen atoms in total. The highest BCUT2D eigenvalue weighted by molar-refractivity contribution is 5.66. The number of nitrogens with zero attached hydrogens (tertiary/aromatic N) is 3. The molecule has 0 spiro atoms. The van der Waals surface area contributed by atoms with Gasteiger partial charge in [-0.2, -0.15) is 0 Å². The van der Waals surface area contributed by atoms with E-state index in [9.17, 15) is 4.79 Å². The summed E-state index contributed by atoms with van der Waals surface area (Å²) in [6.07, 6.45) is 0.205. The summed E-state index contributed by atoms with van der Waals surface area (Å²) in [4.78, 5) is 14.6. The second-order valence-electron chi connectivity index (χ2n) is 3.56. The maximum absolute atomic E-state index is 10.4. The van der Waals surface area contributed by atoms with Gasteiger partial charge in [-0.3, -0.25) is 4.79 Å². The van der Waals surface area contributed by atoms with Gasteiger partial charge in [0, 0.05) is 12.1 Å². The fraction of sp³-hybridized carbons (Fsp3) is 0.273. The van der Waals surface area contributed by atoms with E-state index < -0.39 is 5.97 Å². The molecule has 0 fully saturated rings. The normalized spacial score (nSPS) is 10.4. The van der Waals surface area contributed by atoms with E-state index in [0.717, 1.165) is 5.69 Å². The van der Waals surface area contributed by atoms with E-state index in [1.807, 2.05) is 19.1 Å². The maximum Gasteiger partial charge on any atom is 0.303 e. The van der Waals surface area contributed by atoms with Crippen molar-refractivity contribution in [3.63, 3.8) is 0 Å². The van der Waals surface area contributed by atoms with Crippen LogP contribution in [0.2, 0.25) is 0 Å². The van der Waals surface area contributed by atoms with E-state index in [2.05, 4.69) is 15.2 Å². The molecule has 0 aliphatic rings. The number of pyridine rings is 1.